The van der Waals surface area contributed by atoms with Gasteiger partial charge in [0.15, 0.2) is 5.76 Å². The van der Waals surface area contributed by atoms with Gasteiger partial charge in [0.1, 0.15) is 22.8 Å². The number of hydrogen-bond acceptors (Lipinski definition) is 7. The van der Waals surface area contributed by atoms with Gasteiger partial charge >= 0.3 is 5.97 Å². The number of hydrogen-bond donors (Lipinski definition) is 1. The Kier molecular flexibility index (Phi) is 4.47. The van der Waals surface area contributed by atoms with Gasteiger partial charge in [-0.25, -0.2) is 9.78 Å². The van der Waals surface area contributed by atoms with Crippen LogP contribution in [0.15, 0.2) is 9.32 Å². The van der Waals surface area contributed by atoms with Crippen molar-refractivity contribution in [1.82, 2.24) is 15.1 Å². The molecule has 0 radical (unpaired) electrons. The van der Waals surface area contributed by atoms with Crippen molar-refractivity contribution in [2.45, 2.75) is 47.1 Å². The predicted molar refractivity (Wildman–Crippen MR) is 94.2 cm³/mol. The van der Waals surface area contributed by atoms with E-state index in [1.807, 2.05) is 27.7 Å². The van der Waals surface area contributed by atoms with Gasteiger partial charge in [0.05, 0.1) is 11.1 Å². The molecule has 3 aromatic heterocycles. The van der Waals surface area contributed by atoms with Gasteiger partial charge < -0.3 is 14.2 Å². The first-order chi connectivity index (χ1) is 11.8. The summed E-state index contributed by atoms with van der Waals surface area (Å²) in [6, 6.07) is 0. The van der Waals surface area contributed by atoms with Gasteiger partial charge in [0.25, 0.3) is 5.56 Å². The Morgan fingerprint density at radius 3 is 2.72 bits per heavy atom. The third-order valence-corrected chi connectivity index (χ3v) is 5.15. The standard InChI is InChI=1S/C17H19N3O4S/c1-7(2)14-13(9(4)20-24-14)17(22)23-6-11-18-15(21)12-8(3)10(5)25-16(12)19-11/h7H,6H2,1-5H3,(H,18,19,21). The number of aryl methyl sites for hydroxylation is 3. The lowest BCUT2D eigenvalue weighted by Gasteiger charge is -2.06. The zero-order chi connectivity index (χ0) is 18.3. The van der Waals surface area contributed by atoms with Crippen LogP contribution in [0.1, 0.15) is 57.8 Å². The number of ether oxygens (including phenoxy) is 1. The SMILES string of the molecule is Cc1noc(C(C)C)c1C(=O)OCc1nc2sc(C)c(C)c2c(=O)[nH]1. The Hall–Kier alpha value is -2.48. The van der Waals surface area contributed by atoms with E-state index in [0.717, 1.165) is 10.4 Å². The zero-order valence-electron chi connectivity index (χ0n) is 14.7. The molecule has 0 aliphatic heterocycles. The van der Waals surface area contributed by atoms with Gasteiger partial charge in [-0.3, -0.25) is 4.79 Å². The predicted octanol–water partition coefficient (Wildman–Crippen LogP) is 3.38. The van der Waals surface area contributed by atoms with E-state index in [1.54, 1.807) is 6.92 Å². The van der Waals surface area contributed by atoms with E-state index in [1.165, 1.54) is 11.3 Å². The second-order valence-electron chi connectivity index (χ2n) is 6.21. The lowest BCUT2D eigenvalue weighted by atomic mass is 10.1. The van der Waals surface area contributed by atoms with E-state index in [9.17, 15) is 9.59 Å². The lowest BCUT2D eigenvalue weighted by molar-refractivity contribution is 0.0458. The van der Waals surface area contributed by atoms with Gasteiger partial charge in [-0.2, -0.15) is 0 Å². The van der Waals surface area contributed by atoms with E-state index in [2.05, 4.69) is 15.1 Å². The van der Waals surface area contributed by atoms with Gasteiger partial charge in [-0.1, -0.05) is 19.0 Å². The van der Waals surface area contributed by atoms with Crippen LogP contribution in [-0.2, 0) is 11.3 Å². The number of nitrogens with one attached hydrogen (secondary N) is 1. The zero-order valence-corrected chi connectivity index (χ0v) is 15.5. The maximum atomic E-state index is 12.4. The van der Waals surface area contributed by atoms with Crippen LogP contribution in [0.5, 0.6) is 0 Å². The monoisotopic (exact) mass is 361 g/mol. The van der Waals surface area contributed by atoms with Crippen LogP contribution in [-0.4, -0.2) is 21.1 Å². The van der Waals surface area contributed by atoms with Crippen LogP contribution in [0, 0.1) is 20.8 Å². The van der Waals surface area contributed by atoms with Crippen LogP contribution in [0.2, 0.25) is 0 Å². The number of aromatic amines is 1. The summed E-state index contributed by atoms with van der Waals surface area (Å²) in [6.07, 6.45) is 0. The van der Waals surface area contributed by atoms with Gasteiger partial charge in [-0.15, -0.1) is 11.3 Å². The summed E-state index contributed by atoms with van der Waals surface area (Å²) in [5.74, 6) is 0.273. The molecule has 0 aliphatic rings. The third kappa shape index (κ3) is 3.09. The molecule has 3 heterocycles. The summed E-state index contributed by atoms with van der Waals surface area (Å²) >= 11 is 1.45. The molecule has 8 heteroatoms. The molecule has 0 amide bonds. The molecule has 25 heavy (non-hydrogen) atoms. The van der Waals surface area contributed by atoms with Gasteiger partial charge in [-0.05, 0) is 26.3 Å². The highest BCUT2D eigenvalue weighted by Gasteiger charge is 2.24. The molecule has 0 saturated heterocycles. The van der Waals surface area contributed by atoms with Crippen molar-refractivity contribution in [2.75, 3.05) is 0 Å². The summed E-state index contributed by atoms with van der Waals surface area (Å²) in [4.78, 5) is 33.4. The molecule has 0 atom stereocenters. The Morgan fingerprint density at radius 2 is 2.04 bits per heavy atom. The number of carbonyl (C=O) groups excluding carboxylic acids is 1. The summed E-state index contributed by atoms with van der Waals surface area (Å²) in [7, 11) is 0. The summed E-state index contributed by atoms with van der Waals surface area (Å²) in [5.41, 5.74) is 1.53. The second kappa shape index (κ2) is 6.44. The fourth-order valence-electron chi connectivity index (χ4n) is 2.60. The van der Waals surface area contributed by atoms with E-state index in [0.29, 0.717) is 33.1 Å². The molecule has 132 valence electrons. The van der Waals surface area contributed by atoms with Gasteiger partial charge in [0.2, 0.25) is 0 Å². The minimum Gasteiger partial charge on any atom is -0.454 e. The molecular formula is C17H19N3O4S. The highest BCUT2D eigenvalue weighted by molar-refractivity contribution is 7.18. The molecule has 0 aromatic carbocycles. The number of nitrogens with zero attached hydrogens (tertiary/aromatic N) is 2. The van der Waals surface area contributed by atoms with Crippen LogP contribution >= 0.6 is 11.3 Å². The van der Waals surface area contributed by atoms with Crippen molar-refractivity contribution in [3.05, 3.63) is 43.6 Å². The van der Waals surface area contributed by atoms with Crippen LogP contribution < -0.4 is 5.56 Å². The fraction of sp³-hybridized carbons (Fsp3) is 0.412. The topological polar surface area (TPSA) is 98.1 Å². The number of aromatic nitrogens is 3. The smallest absolute Gasteiger partial charge is 0.344 e. The van der Waals surface area contributed by atoms with Crippen molar-refractivity contribution < 1.29 is 14.1 Å². The fourth-order valence-corrected chi connectivity index (χ4v) is 3.65. The first-order valence-corrected chi connectivity index (χ1v) is 8.73. The van der Waals surface area contributed by atoms with Crippen LogP contribution in [0.25, 0.3) is 10.2 Å². The Bertz CT molecular complexity index is 1010. The van der Waals surface area contributed by atoms with E-state index in [-0.39, 0.29) is 18.1 Å². The minimum absolute atomic E-state index is 0.00935. The summed E-state index contributed by atoms with van der Waals surface area (Å²) < 4.78 is 10.5. The maximum absolute atomic E-state index is 12.4. The lowest BCUT2D eigenvalue weighted by Crippen LogP contribution is -2.15. The van der Waals surface area contributed by atoms with Crippen molar-refractivity contribution in [3.63, 3.8) is 0 Å². The number of esters is 1. The number of rotatable bonds is 4. The van der Waals surface area contributed by atoms with E-state index in [4.69, 9.17) is 9.26 Å². The van der Waals surface area contributed by atoms with Crippen molar-refractivity contribution in [2.24, 2.45) is 0 Å². The average Bonchev–Trinajstić information content (AvgIpc) is 3.06. The van der Waals surface area contributed by atoms with Crippen molar-refractivity contribution in [1.29, 1.82) is 0 Å². The first kappa shape index (κ1) is 17.3. The van der Waals surface area contributed by atoms with Crippen molar-refractivity contribution in [3.8, 4) is 0 Å². The number of H-pyrrole nitrogens is 1. The maximum Gasteiger partial charge on any atom is 0.344 e. The quantitative estimate of drug-likeness (QED) is 0.715. The average molecular weight is 361 g/mol. The Morgan fingerprint density at radius 1 is 1.32 bits per heavy atom. The largest absolute Gasteiger partial charge is 0.454 e. The van der Waals surface area contributed by atoms with E-state index >= 15 is 0 Å². The molecule has 0 spiro atoms. The molecule has 3 rings (SSSR count). The number of fused-ring (bicyclic) bond motifs is 1. The second-order valence-corrected chi connectivity index (χ2v) is 7.42. The minimum atomic E-state index is -0.538. The highest BCUT2D eigenvalue weighted by Crippen LogP contribution is 2.26. The normalized spacial score (nSPS) is 11.4. The summed E-state index contributed by atoms with van der Waals surface area (Å²) in [6.45, 7) is 9.23. The molecular weight excluding hydrogens is 342 g/mol. The summed E-state index contributed by atoms with van der Waals surface area (Å²) in [5, 5.41) is 4.43. The first-order valence-electron chi connectivity index (χ1n) is 7.91. The molecule has 0 bridgehead atoms. The molecule has 0 aliphatic carbocycles. The Balaban J connectivity index is 1.85. The number of carbonyl (C=O) groups is 1. The van der Waals surface area contributed by atoms with Gasteiger partial charge in [0, 0.05) is 10.8 Å². The molecule has 7 nitrogen and oxygen atoms in total. The molecule has 0 unspecified atom stereocenters. The van der Waals surface area contributed by atoms with E-state index < -0.39 is 5.97 Å². The molecule has 0 saturated carbocycles. The van der Waals surface area contributed by atoms with Crippen molar-refractivity contribution >= 4 is 27.5 Å². The Labute approximate surface area is 148 Å². The molecule has 1 N–H and O–H groups in total. The highest BCUT2D eigenvalue weighted by atomic mass is 32.1. The number of thiophene rings is 1. The van der Waals surface area contributed by atoms with Crippen LogP contribution in [0.3, 0.4) is 0 Å². The molecule has 3 aromatic rings. The molecule has 0 fully saturated rings. The van der Waals surface area contributed by atoms with Crippen LogP contribution in [0.4, 0.5) is 0 Å². The third-order valence-electron chi connectivity index (χ3n) is 4.05.